The van der Waals surface area contributed by atoms with E-state index in [2.05, 4.69) is 10.2 Å². The molecule has 0 aromatic heterocycles. The number of carbonyl (C=O) groups is 2. The maximum Gasteiger partial charge on any atom is 0.326 e. The van der Waals surface area contributed by atoms with E-state index in [1.807, 2.05) is 36.4 Å². The lowest BCUT2D eigenvalue weighted by molar-refractivity contribution is -0.139. The molecule has 200 valence electrons. The number of hydrogen-bond acceptors (Lipinski definition) is 5. The van der Waals surface area contributed by atoms with Crippen molar-refractivity contribution in [2.75, 3.05) is 12.0 Å². The van der Waals surface area contributed by atoms with Gasteiger partial charge in [-0.2, -0.15) is 0 Å². The minimum atomic E-state index is -1.15. The Morgan fingerprint density at radius 1 is 0.821 bits per heavy atom. The SMILES string of the molecule is COc1ccc(CN(Cc2ccc(C(=O)NC(Cc3ccc(O)cc3)C(=O)O)cc2)c2ccc(F)cc2)cc1. The highest BCUT2D eigenvalue weighted by Crippen LogP contribution is 2.22. The number of methoxy groups -OCH3 is 1. The van der Waals surface area contributed by atoms with E-state index in [4.69, 9.17) is 4.74 Å². The number of benzene rings is 4. The van der Waals surface area contributed by atoms with E-state index in [-0.39, 0.29) is 18.0 Å². The Hall–Kier alpha value is -4.85. The maximum absolute atomic E-state index is 13.6. The minimum Gasteiger partial charge on any atom is -0.508 e. The van der Waals surface area contributed by atoms with Crippen LogP contribution in [0.5, 0.6) is 11.5 Å². The van der Waals surface area contributed by atoms with Crippen LogP contribution in [0.25, 0.3) is 0 Å². The van der Waals surface area contributed by atoms with Gasteiger partial charge in [-0.25, -0.2) is 9.18 Å². The molecule has 4 aromatic carbocycles. The number of halogens is 1. The molecule has 0 aliphatic carbocycles. The third-order valence-corrected chi connectivity index (χ3v) is 6.29. The van der Waals surface area contributed by atoms with Crippen LogP contribution in [0.4, 0.5) is 10.1 Å². The van der Waals surface area contributed by atoms with Gasteiger partial charge in [0.1, 0.15) is 23.4 Å². The Balaban J connectivity index is 1.46. The Morgan fingerprint density at radius 2 is 1.36 bits per heavy atom. The van der Waals surface area contributed by atoms with E-state index in [0.717, 1.165) is 22.6 Å². The number of ether oxygens (including phenoxy) is 1. The average Bonchev–Trinajstić information content (AvgIpc) is 2.94. The predicted molar refractivity (Wildman–Crippen MR) is 146 cm³/mol. The molecule has 39 heavy (non-hydrogen) atoms. The van der Waals surface area contributed by atoms with E-state index in [1.54, 1.807) is 43.5 Å². The summed E-state index contributed by atoms with van der Waals surface area (Å²) in [7, 11) is 1.61. The molecule has 1 unspecified atom stereocenters. The Morgan fingerprint density at radius 3 is 1.90 bits per heavy atom. The topological polar surface area (TPSA) is 99.1 Å². The molecule has 0 aliphatic rings. The lowest BCUT2D eigenvalue weighted by Crippen LogP contribution is -2.42. The number of phenolic OH excluding ortho intramolecular Hbond substituents is 1. The minimum absolute atomic E-state index is 0.0803. The maximum atomic E-state index is 13.6. The van der Waals surface area contributed by atoms with Gasteiger partial charge < -0.3 is 25.2 Å². The Bertz CT molecular complexity index is 1390. The van der Waals surface area contributed by atoms with Gasteiger partial charge in [0.05, 0.1) is 7.11 Å². The molecule has 3 N–H and O–H groups in total. The van der Waals surface area contributed by atoms with Crippen molar-refractivity contribution in [2.45, 2.75) is 25.6 Å². The van der Waals surface area contributed by atoms with Crippen LogP contribution in [0.2, 0.25) is 0 Å². The van der Waals surface area contributed by atoms with Crippen LogP contribution in [-0.2, 0) is 24.3 Å². The molecule has 0 saturated heterocycles. The van der Waals surface area contributed by atoms with Crippen LogP contribution in [0.15, 0.2) is 97.1 Å². The number of nitrogens with zero attached hydrogens (tertiary/aromatic N) is 1. The number of carbonyl (C=O) groups excluding carboxylic acids is 1. The van der Waals surface area contributed by atoms with Gasteiger partial charge in [-0.1, -0.05) is 36.4 Å². The van der Waals surface area contributed by atoms with Crippen LogP contribution in [0, 0.1) is 5.82 Å². The zero-order chi connectivity index (χ0) is 27.8. The smallest absolute Gasteiger partial charge is 0.326 e. The molecule has 0 radical (unpaired) electrons. The molecule has 0 heterocycles. The summed E-state index contributed by atoms with van der Waals surface area (Å²) < 4.78 is 18.8. The summed E-state index contributed by atoms with van der Waals surface area (Å²) in [5.41, 5.74) is 3.81. The summed E-state index contributed by atoms with van der Waals surface area (Å²) in [5.74, 6) is -1.13. The second-order valence-corrected chi connectivity index (χ2v) is 9.11. The summed E-state index contributed by atoms with van der Waals surface area (Å²) in [6, 6.07) is 26.0. The highest BCUT2D eigenvalue weighted by molar-refractivity contribution is 5.96. The Labute approximate surface area is 226 Å². The van der Waals surface area contributed by atoms with E-state index in [9.17, 15) is 24.2 Å². The average molecular weight is 529 g/mol. The number of amides is 1. The first-order chi connectivity index (χ1) is 18.8. The van der Waals surface area contributed by atoms with Crippen LogP contribution in [-0.4, -0.2) is 35.2 Å². The quantitative estimate of drug-likeness (QED) is 0.248. The summed E-state index contributed by atoms with van der Waals surface area (Å²) in [6.45, 7) is 1.06. The summed E-state index contributed by atoms with van der Waals surface area (Å²) >= 11 is 0. The van der Waals surface area contributed by atoms with Gasteiger partial charge in [-0.15, -0.1) is 0 Å². The van der Waals surface area contributed by atoms with Gasteiger partial charge >= 0.3 is 5.97 Å². The molecule has 1 amide bonds. The van der Waals surface area contributed by atoms with Gasteiger partial charge in [0.25, 0.3) is 5.91 Å². The van der Waals surface area contributed by atoms with E-state index in [0.29, 0.717) is 24.2 Å². The summed E-state index contributed by atoms with van der Waals surface area (Å²) in [6.07, 6.45) is 0.0808. The molecule has 4 aromatic rings. The van der Waals surface area contributed by atoms with Crippen molar-refractivity contribution < 1.29 is 28.9 Å². The second kappa shape index (κ2) is 12.6. The number of carboxylic acids is 1. The number of carboxylic acid groups (broad SMARTS) is 1. The molecule has 0 aliphatic heterocycles. The molecule has 0 saturated carbocycles. The molecular weight excluding hydrogens is 499 g/mol. The molecule has 0 fully saturated rings. The molecule has 1 atom stereocenters. The van der Waals surface area contributed by atoms with Gasteiger partial charge in [0, 0.05) is 30.8 Å². The monoisotopic (exact) mass is 528 g/mol. The van der Waals surface area contributed by atoms with Crippen LogP contribution >= 0.6 is 0 Å². The van der Waals surface area contributed by atoms with Crippen molar-refractivity contribution in [2.24, 2.45) is 0 Å². The fraction of sp³-hybridized carbons (Fsp3) is 0.161. The van der Waals surface area contributed by atoms with Crippen molar-refractivity contribution >= 4 is 17.6 Å². The van der Waals surface area contributed by atoms with Crippen molar-refractivity contribution in [1.82, 2.24) is 5.32 Å². The zero-order valence-electron chi connectivity index (χ0n) is 21.4. The summed E-state index contributed by atoms with van der Waals surface area (Å²) in [5, 5.41) is 21.6. The zero-order valence-corrected chi connectivity index (χ0v) is 21.4. The van der Waals surface area contributed by atoms with Crippen molar-refractivity contribution in [3.05, 3.63) is 125 Å². The van der Waals surface area contributed by atoms with Gasteiger partial charge in [0.15, 0.2) is 0 Å². The number of nitrogens with one attached hydrogen (secondary N) is 1. The van der Waals surface area contributed by atoms with Crippen molar-refractivity contribution in [3.63, 3.8) is 0 Å². The highest BCUT2D eigenvalue weighted by atomic mass is 19.1. The highest BCUT2D eigenvalue weighted by Gasteiger charge is 2.21. The first-order valence-electron chi connectivity index (χ1n) is 12.3. The first kappa shape index (κ1) is 27.2. The fourth-order valence-corrected chi connectivity index (χ4v) is 4.13. The predicted octanol–water partition coefficient (Wildman–Crippen LogP) is 5.17. The molecule has 7 nitrogen and oxygen atoms in total. The van der Waals surface area contributed by atoms with E-state index < -0.39 is 17.9 Å². The first-order valence-corrected chi connectivity index (χ1v) is 12.3. The number of aromatic hydroxyl groups is 1. The second-order valence-electron chi connectivity index (χ2n) is 9.11. The number of hydrogen-bond donors (Lipinski definition) is 3. The lowest BCUT2D eigenvalue weighted by Gasteiger charge is -2.25. The number of anilines is 1. The van der Waals surface area contributed by atoms with Crippen LogP contribution in [0.1, 0.15) is 27.0 Å². The Kier molecular flexibility index (Phi) is 8.78. The lowest BCUT2D eigenvalue weighted by atomic mass is 10.0. The molecule has 0 spiro atoms. The van der Waals surface area contributed by atoms with Crippen molar-refractivity contribution in [1.29, 1.82) is 0 Å². The number of rotatable bonds is 11. The fourth-order valence-electron chi connectivity index (χ4n) is 4.13. The van der Waals surface area contributed by atoms with Gasteiger partial charge in [-0.05, 0) is 77.4 Å². The molecule has 0 bridgehead atoms. The molecular formula is C31H29FN2O5. The number of phenols is 1. The third-order valence-electron chi connectivity index (χ3n) is 6.29. The van der Waals surface area contributed by atoms with Crippen LogP contribution < -0.4 is 15.0 Å². The molecule has 8 heteroatoms. The van der Waals surface area contributed by atoms with Crippen LogP contribution in [0.3, 0.4) is 0 Å². The molecule has 4 rings (SSSR count). The van der Waals surface area contributed by atoms with E-state index in [1.165, 1.54) is 24.3 Å². The third kappa shape index (κ3) is 7.58. The normalized spacial score (nSPS) is 11.4. The van der Waals surface area contributed by atoms with E-state index >= 15 is 0 Å². The standard InChI is InChI=1S/C31H29FN2O5/c1-39-28-16-6-23(7-17-28)20-34(26-12-10-25(32)11-13-26)19-22-2-8-24(9-3-22)30(36)33-29(31(37)38)18-21-4-14-27(35)15-5-21/h2-17,29,35H,18-20H2,1H3,(H,33,36)(H,37,38). The number of aliphatic carboxylic acids is 1. The summed E-state index contributed by atoms with van der Waals surface area (Å²) in [4.78, 5) is 26.7. The van der Waals surface area contributed by atoms with Crippen molar-refractivity contribution in [3.8, 4) is 11.5 Å². The van der Waals surface area contributed by atoms with Gasteiger partial charge in [-0.3, -0.25) is 4.79 Å². The van der Waals surface area contributed by atoms with Gasteiger partial charge in [0.2, 0.25) is 0 Å². The largest absolute Gasteiger partial charge is 0.508 e.